The third-order valence-corrected chi connectivity index (χ3v) is 3.09. The van der Waals surface area contributed by atoms with Gasteiger partial charge in [0.15, 0.2) is 0 Å². The summed E-state index contributed by atoms with van der Waals surface area (Å²) in [5.41, 5.74) is 6.05. The van der Waals surface area contributed by atoms with Gasteiger partial charge in [-0.25, -0.2) is 4.79 Å². The molecule has 1 saturated carbocycles. The molecule has 1 atom stereocenters. The normalized spacial score (nSPS) is 19.6. The standard InChI is InChI=1S/C11H23N3O/c1-2-13-11(15)14-8-10(12)9-6-4-3-5-7-9/h9-10H,2-8,12H2,1H3,(H2,13,14,15). The SMILES string of the molecule is CCNC(=O)NCC(N)C1CCCCC1. The second-order valence-electron chi connectivity index (χ2n) is 4.30. The molecule has 1 aliphatic carbocycles. The molecule has 15 heavy (non-hydrogen) atoms. The molecule has 0 aromatic heterocycles. The van der Waals surface area contributed by atoms with Crippen LogP contribution in [0.15, 0.2) is 0 Å². The van der Waals surface area contributed by atoms with Crippen LogP contribution in [-0.2, 0) is 0 Å². The summed E-state index contributed by atoms with van der Waals surface area (Å²) < 4.78 is 0. The molecular weight excluding hydrogens is 190 g/mol. The molecule has 1 unspecified atom stereocenters. The van der Waals surface area contributed by atoms with Gasteiger partial charge in [-0.3, -0.25) is 0 Å². The molecule has 0 radical (unpaired) electrons. The lowest BCUT2D eigenvalue weighted by Crippen LogP contribution is -2.45. The highest BCUT2D eigenvalue weighted by molar-refractivity contribution is 5.73. The first-order valence-electron chi connectivity index (χ1n) is 6.01. The molecule has 4 heteroatoms. The van der Waals surface area contributed by atoms with Gasteiger partial charge >= 0.3 is 6.03 Å². The van der Waals surface area contributed by atoms with Gasteiger partial charge in [0.2, 0.25) is 0 Å². The summed E-state index contributed by atoms with van der Waals surface area (Å²) in [6.07, 6.45) is 6.36. The summed E-state index contributed by atoms with van der Waals surface area (Å²) in [6, 6.07) is 0.0108. The van der Waals surface area contributed by atoms with Crippen LogP contribution in [0.5, 0.6) is 0 Å². The quantitative estimate of drug-likeness (QED) is 0.657. The smallest absolute Gasteiger partial charge is 0.314 e. The van der Waals surface area contributed by atoms with Crippen molar-refractivity contribution in [2.75, 3.05) is 13.1 Å². The van der Waals surface area contributed by atoms with Crippen LogP contribution in [0.3, 0.4) is 0 Å². The topological polar surface area (TPSA) is 67.2 Å². The first kappa shape index (κ1) is 12.3. The summed E-state index contributed by atoms with van der Waals surface area (Å²) in [6.45, 7) is 3.15. The molecule has 0 heterocycles. The van der Waals surface area contributed by atoms with Crippen molar-refractivity contribution in [3.63, 3.8) is 0 Å². The van der Waals surface area contributed by atoms with E-state index in [0.717, 1.165) is 0 Å². The number of carbonyl (C=O) groups is 1. The predicted molar refractivity (Wildman–Crippen MR) is 61.6 cm³/mol. The molecule has 0 bridgehead atoms. The van der Waals surface area contributed by atoms with Crippen LogP contribution in [0.2, 0.25) is 0 Å². The van der Waals surface area contributed by atoms with Gasteiger partial charge in [-0.2, -0.15) is 0 Å². The molecule has 4 N–H and O–H groups in total. The number of urea groups is 1. The Balaban J connectivity index is 2.16. The Morgan fingerprint density at radius 1 is 1.33 bits per heavy atom. The van der Waals surface area contributed by atoms with Crippen LogP contribution in [0, 0.1) is 5.92 Å². The summed E-state index contributed by atoms with van der Waals surface area (Å²) >= 11 is 0. The molecule has 0 aromatic carbocycles. The molecule has 0 saturated heterocycles. The maximum absolute atomic E-state index is 11.2. The summed E-state index contributed by atoms with van der Waals surface area (Å²) in [5, 5.41) is 5.50. The van der Waals surface area contributed by atoms with E-state index < -0.39 is 0 Å². The number of carbonyl (C=O) groups excluding carboxylic acids is 1. The Kier molecular flexibility index (Phi) is 5.47. The van der Waals surface area contributed by atoms with Crippen LogP contribution in [0.25, 0.3) is 0 Å². The van der Waals surface area contributed by atoms with E-state index in [2.05, 4.69) is 10.6 Å². The minimum absolute atomic E-state index is 0.108. The fourth-order valence-electron chi connectivity index (χ4n) is 2.16. The van der Waals surface area contributed by atoms with Crippen molar-refractivity contribution in [1.82, 2.24) is 10.6 Å². The largest absolute Gasteiger partial charge is 0.338 e. The Bertz CT molecular complexity index is 190. The molecule has 1 aliphatic rings. The molecule has 0 spiro atoms. The van der Waals surface area contributed by atoms with Gasteiger partial charge in [0.05, 0.1) is 0 Å². The van der Waals surface area contributed by atoms with E-state index in [4.69, 9.17) is 5.73 Å². The van der Waals surface area contributed by atoms with E-state index >= 15 is 0 Å². The van der Waals surface area contributed by atoms with Crippen LogP contribution >= 0.6 is 0 Å². The van der Waals surface area contributed by atoms with E-state index in [1.54, 1.807) is 0 Å². The zero-order valence-electron chi connectivity index (χ0n) is 9.59. The van der Waals surface area contributed by atoms with Crippen molar-refractivity contribution in [2.24, 2.45) is 11.7 Å². The van der Waals surface area contributed by atoms with Crippen LogP contribution in [-0.4, -0.2) is 25.2 Å². The highest BCUT2D eigenvalue weighted by Crippen LogP contribution is 2.25. The molecule has 4 nitrogen and oxygen atoms in total. The summed E-state index contributed by atoms with van der Waals surface area (Å²) in [5.74, 6) is 0.598. The third-order valence-electron chi connectivity index (χ3n) is 3.09. The lowest BCUT2D eigenvalue weighted by atomic mass is 9.84. The van der Waals surface area contributed by atoms with Crippen molar-refractivity contribution >= 4 is 6.03 Å². The van der Waals surface area contributed by atoms with Crippen molar-refractivity contribution in [2.45, 2.75) is 45.1 Å². The maximum Gasteiger partial charge on any atom is 0.314 e. The van der Waals surface area contributed by atoms with Gasteiger partial charge in [0.25, 0.3) is 0 Å². The second-order valence-corrected chi connectivity index (χ2v) is 4.30. The van der Waals surface area contributed by atoms with Crippen molar-refractivity contribution < 1.29 is 4.79 Å². The Morgan fingerprint density at radius 2 is 2.00 bits per heavy atom. The van der Waals surface area contributed by atoms with Crippen molar-refractivity contribution in [3.05, 3.63) is 0 Å². The minimum Gasteiger partial charge on any atom is -0.338 e. The molecule has 2 amide bonds. The number of nitrogens with two attached hydrogens (primary N) is 1. The molecule has 1 fully saturated rings. The maximum atomic E-state index is 11.2. The summed E-state index contributed by atoms with van der Waals surface area (Å²) in [7, 11) is 0. The fourth-order valence-corrected chi connectivity index (χ4v) is 2.16. The molecule has 88 valence electrons. The zero-order chi connectivity index (χ0) is 11.1. The minimum atomic E-state index is -0.108. The molecule has 0 aromatic rings. The number of nitrogens with one attached hydrogen (secondary N) is 2. The van der Waals surface area contributed by atoms with Gasteiger partial charge in [-0.1, -0.05) is 19.3 Å². The van der Waals surface area contributed by atoms with Crippen LogP contribution < -0.4 is 16.4 Å². The van der Waals surface area contributed by atoms with E-state index in [1.807, 2.05) is 6.92 Å². The first-order chi connectivity index (χ1) is 7.24. The molecule has 1 rings (SSSR count). The van der Waals surface area contributed by atoms with Crippen LogP contribution in [0.4, 0.5) is 4.79 Å². The number of hydrogen-bond acceptors (Lipinski definition) is 2. The Hall–Kier alpha value is -0.770. The summed E-state index contributed by atoms with van der Waals surface area (Å²) in [4.78, 5) is 11.2. The van der Waals surface area contributed by atoms with E-state index in [-0.39, 0.29) is 12.1 Å². The highest BCUT2D eigenvalue weighted by Gasteiger charge is 2.20. The zero-order valence-corrected chi connectivity index (χ0v) is 9.59. The average Bonchev–Trinajstić information content (AvgIpc) is 2.27. The predicted octanol–water partition coefficient (Wildman–Crippen LogP) is 1.21. The van der Waals surface area contributed by atoms with Crippen LogP contribution in [0.1, 0.15) is 39.0 Å². The highest BCUT2D eigenvalue weighted by atomic mass is 16.2. The van der Waals surface area contributed by atoms with Gasteiger partial charge < -0.3 is 16.4 Å². The first-order valence-corrected chi connectivity index (χ1v) is 6.01. The van der Waals surface area contributed by atoms with Crippen molar-refractivity contribution in [3.8, 4) is 0 Å². The van der Waals surface area contributed by atoms with Crippen molar-refractivity contribution in [1.29, 1.82) is 0 Å². The van der Waals surface area contributed by atoms with Gasteiger partial charge in [0, 0.05) is 19.1 Å². The Labute approximate surface area is 92.0 Å². The third kappa shape index (κ3) is 4.51. The number of rotatable bonds is 4. The Morgan fingerprint density at radius 3 is 2.60 bits per heavy atom. The second kappa shape index (κ2) is 6.67. The van der Waals surface area contributed by atoms with Gasteiger partial charge in [-0.15, -0.1) is 0 Å². The average molecular weight is 213 g/mol. The number of hydrogen-bond donors (Lipinski definition) is 3. The van der Waals surface area contributed by atoms with E-state index in [9.17, 15) is 4.79 Å². The molecular formula is C11H23N3O. The van der Waals surface area contributed by atoms with E-state index in [0.29, 0.717) is 19.0 Å². The number of amides is 2. The monoisotopic (exact) mass is 213 g/mol. The lowest BCUT2D eigenvalue weighted by Gasteiger charge is -2.27. The van der Waals surface area contributed by atoms with Gasteiger partial charge in [0.1, 0.15) is 0 Å². The van der Waals surface area contributed by atoms with E-state index in [1.165, 1.54) is 32.1 Å². The lowest BCUT2D eigenvalue weighted by molar-refractivity contribution is 0.236. The fraction of sp³-hybridized carbons (Fsp3) is 0.909. The molecule has 0 aliphatic heterocycles. The van der Waals surface area contributed by atoms with Gasteiger partial charge in [-0.05, 0) is 25.7 Å².